The molecule has 0 aromatic heterocycles. The van der Waals surface area contributed by atoms with Gasteiger partial charge >= 0.3 is 6.09 Å². The van der Waals surface area contributed by atoms with Crippen LogP contribution in [0.3, 0.4) is 0 Å². The lowest BCUT2D eigenvalue weighted by Crippen LogP contribution is -2.23. The van der Waals surface area contributed by atoms with Gasteiger partial charge in [0.15, 0.2) is 0 Å². The monoisotopic (exact) mass is 387 g/mol. The number of nitrogens with zero attached hydrogens (tertiary/aromatic N) is 1. The first-order valence-electron chi connectivity index (χ1n) is 9.37. The van der Waals surface area contributed by atoms with Gasteiger partial charge in [-0.25, -0.2) is 4.79 Å². The predicted octanol–water partition coefficient (Wildman–Crippen LogP) is 4.14. The molecule has 6 heteroatoms. The summed E-state index contributed by atoms with van der Waals surface area (Å²) in [7, 11) is 0. The van der Waals surface area contributed by atoms with E-state index in [-0.39, 0.29) is 12.0 Å². The van der Waals surface area contributed by atoms with Crippen molar-refractivity contribution < 1.29 is 14.3 Å². The highest BCUT2D eigenvalue weighted by molar-refractivity contribution is 6.06. The summed E-state index contributed by atoms with van der Waals surface area (Å²) in [6, 6.07) is 22.6. The van der Waals surface area contributed by atoms with Gasteiger partial charge in [-0.05, 0) is 41.0 Å². The average Bonchev–Trinajstić information content (AvgIpc) is 3.15. The highest BCUT2D eigenvalue weighted by Crippen LogP contribution is 2.27. The quantitative estimate of drug-likeness (QED) is 0.645. The Kier molecular flexibility index (Phi) is 5.16. The molecule has 0 radical (unpaired) electrons. The molecule has 0 atom stereocenters. The molecular weight excluding hydrogens is 366 g/mol. The highest BCUT2D eigenvalue weighted by atomic mass is 16.6. The van der Waals surface area contributed by atoms with Crippen molar-refractivity contribution in [2.45, 2.75) is 6.54 Å². The van der Waals surface area contributed by atoms with Gasteiger partial charge in [0, 0.05) is 12.1 Å². The molecule has 1 aliphatic rings. The van der Waals surface area contributed by atoms with Crippen LogP contribution in [0.4, 0.5) is 16.2 Å². The fourth-order valence-electron chi connectivity index (χ4n) is 3.22. The van der Waals surface area contributed by atoms with Crippen molar-refractivity contribution in [3.8, 4) is 11.1 Å². The number of nitrogens with two attached hydrogens (primary N) is 1. The summed E-state index contributed by atoms with van der Waals surface area (Å²) in [5.41, 5.74) is 10.6. The van der Waals surface area contributed by atoms with Gasteiger partial charge in [0.25, 0.3) is 5.91 Å². The average molecular weight is 387 g/mol. The van der Waals surface area contributed by atoms with E-state index < -0.39 is 0 Å². The number of hydrogen-bond acceptors (Lipinski definition) is 4. The molecule has 6 nitrogen and oxygen atoms in total. The lowest BCUT2D eigenvalue weighted by Gasteiger charge is -2.13. The van der Waals surface area contributed by atoms with Crippen LogP contribution in [0.2, 0.25) is 0 Å². The van der Waals surface area contributed by atoms with Gasteiger partial charge < -0.3 is 20.7 Å². The number of anilines is 2. The van der Waals surface area contributed by atoms with Gasteiger partial charge in [-0.1, -0.05) is 48.5 Å². The minimum absolute atomic E-state index is 0.242. The van der Waals surface area contributed by atoms with Crippen LogP contribution in [-0.4, -0.2) is 30.1 Å². The second-order valence-electron chi connectivity index (χ2n) is 6.86. The first-order chi connectivity index (χ1) is 14.1. The van der Waals surface area contributed by atoms with Crippen molar-refractivity contribution in [1.82, 2.24) is 4.90 Å². The maximum Gasteiger partial charge on any atom is 0.410 e. The third-order valence-corrected chi connectivity index (χ3v) is 4.84. The molecule has 1 heterocycles. The lowest BCUT2D eigenvalue weighted by atomic mass is 10.0. The molecule has 3 N–H and O–H groups in total. The molecule has 3 aromatic carbocycles. The van der Waals surface area contributed by atoms with Crippen molar-refractivity contribution in [2.24, 2.45) is 0 Å². The lowest BCUT2D eigenvalue weighted by molar-refractivity contribution is 0.102. The summed E-state index contributed by atoms with van der Waals surface area (Å²) >= 11 is 0. The Hall–Kier alpha value is -3.80. The summed E-state index contributed by atoms with van der Waals surface area (Å²) in [5, 5.41) is 2.89. The first kappa shape index (κ1) is 18.6. The molecule has 1 saturated heterocycles. The maximum absolute atomic E-state index is 12.7. The highest BCUT2D eigenvalue weighted by Gasteiger charge is 2.21. The van der Waals surface area contributed by atoms with Crippen LogP contribution in [0.5, 0.6) is 0 Å². The number of carbonyl (C=O) groups excluding carboxylic acids is 2. The Morgan fingerprint density at radius 1 is 1.00 bits per heavy atom. The van der Waals surface area contributed by atoms with E-state index in [9.17, 15) is 9.59 Å². The first-order valence-corrected chi connectivity index (χ1v) is 9.37. The molecule has 4 rings (SSSR count). The van der Waals surface area contributed by atoms with Crippen LogP contribution < -0.4 is 11.1 Å². The fraction of sp³-hybridized carbons (Fsp3) is 0.130. The van der Waals surface area contributed by atoms with Crippen LogP contribution in [0.15, 0.2) is 72.8 Å². The number of rotatable bonds is 5. The molecule has 0 saturated carbocycles. The molecule has 0 unspecified atom stereocenters. The van der Waals surface area contributed by atoms with E-state index >= 15 is 0 Å². The van der Waals surface area contributed by atoms with E-state index in [0.717, 1.165) is 16.7 Å². The Bertz CT molecular complexity index is 1030. The molecule has 0 aliphatic carbocycles. The molecular formula is C23H21N3O3. The Morgan fingerprint density at radius 2 is 1.76 bits per heavy atom. The zero-order valence-electron chi connectivity index (χ0n) is 15.8. The van der Waals surface area contributed by atoms with E-state index in [1.54, 1.807) is 23.1 Å². The van der Waals surface area contributed by atoms with E-state index in [1.807, 2.05) is 54.6 Å². The van der Waals surface area contributed by atoms with E-state index in [1.165, 1.54) is 0 Å². The minimum atomic E-state index is -0.305. The Labute approximate surface area is 168 Å². The van der Waals surface area contributed by atoms with Crippen LogP contribution in [0, 0.1) is 0 Å². The summed E-state index contributed by atoms with van der Waals surface area (Å²) < 4.78 is 4.93. The summed E-state index contributed by atoms with van der Waals surface area (Å²) in [4.78, 5) is 25.8. The topological polar surface area (TPSA) is 84.7 Å². The SMILES string of the molecule is Nc1ccc(-c2ccccc2)cc1NC(=O)c1ccc(CN2CCOC2=O)cc1. The molecule has 0 bridgehead atoms. The van der Waals surface area contributed by atoms with E-state index in [2.05, 4.69) is 5.32 Å². The predicted molar refractivity (Wildman–Crippen MR) is 112 cm³/mol. The summed E-state index contributed by atoms with van der Waals surface area (Å²) in [6.07, 6.45) is -0.305. The zero-order chi connectivity index (χ0) is 20.2. The zero-order valence-corrected chi connectivity index (χ0v) is 15.8. The number of cyclic esters (lactones) is 1. The number of amides is 2. The number of carbonyl (C=O) groups is 2. The van der Waals surface area contributed by atoms with Crippen molar-refractivity contribution in [2.75, 3.05) is 24.2 Å². The smallest absolute Gasteiger partial charge is 0.410 e. The van der Waals surface area contributed by atoms with Crippen molar-refractivity contribution >= 4 is 23.4 Å². The van der Waals surface area contributed by atoms with Crippen LogP contribution in [-0.2, 0) is 11.3 Å². The largest absolute Gasteiger partial charge is 0.448 e. The van der Waals surface area contributed by atoms with Gasteiger partial charge in [0.1, 0.15) is 6.61 Å². The Balaban J connectivity index is 1.47. The molecule has 146 valence electrons. The molecule has 0 spiro atoms. The molecule has 1 aliphatic heterocycles. The third kappa shape index (κ3) is 4.21. The maximum atomic E-state index is 12.7. The minimum Gasteiger partial charge on any atom is -0.448 e. The van der Waals surface area contributed by atoms with Gasteiger partial charge in [-0.2, -0.15) is 0 Å². The van der Waals surface area contributed by atoms with Crippen LogP contribution in [0.25, 0.3) is 11.1 Å². The van der Waals surface area contributed by atoms with Crippen molar-refractivity contribution in [3.05, 3.63) is 83.9 Å². The number of hydrogen-bond donors (Lipinski definition) is 2. The molecule has 29 heavy (non-hydrogen) atoms. The second kappa shape index (κ2) is 8.06. The standard InChI is InChI=1S/C23H21N3O3/c24-20-11-10-19(17-4-2-1-3-5-17)14-21(20)25-22(27)18-8-6-16(7-9-18)15-26-12-13-29-23(26)28/h1-11,14H,12-13,15,24H2,(H,25,27). The number of ether oxygens (including phenoxy) is 1. The number of nitrogen functional groups attached to an aromatic ring is 1. The molecule has 3 aromatic rings. The van der Waals surface area contributed by atoms with Gasteiger partial charge in [0.05, 0.1) is 17.9 Å². The third-order valence-electron chi connectivity index (χ3n) is 4.84. The van der Waals surface area contributed by atoms with Crippen LogP contribution in [0.1, 0.15) is 15.9 Å². The number of nitrogens with one attached hydrogen (secondary N) is 1. The Morgan fingerprint density at radius 3 is 2.45 bits per heavy atom. The van der Waals surface area contributed by atoms with Gasteiger partial charge in [-0.3, -0.25) is 4.79 Å². The second-order valence-corrected chi connectivity index (χ2v) is 6.86. The van der Waals surface area contributed by atoms with Crippen LogP contribution >= 0.6 is 0 Å². The van der Waals surface area contributed by atoms with E-state index in [4.69, 9.17) is 10.5 Å². The van der Waals surface area contributed by atoms with E-state index in [0.29, 0.717) is 36.6 Å². The number of benzene rings is 3. The van der Waals surface area contributed by atoms with Crippen molar-refractivity contribution in [3.63, 3.8) is 0 Å². The summed E-state index contributed by atoms with van der Waals surface area (Å²) in [6.45, 7) is 1.47. The fourth-order valence-corrected chi connectivity index (χ4v) is 3.22. The van der Waals surface area contributed by atoms with Gasteiger partial charge in [-0.15, -0.1) is 0 Å². The van der Waals surface area contributed by atoms with Gasteiger partial charge in [0.2, 0.25) is 0 Å². The molecule has 1 fully saturated rings. The van der Waals surface area contributed by atoms with Crippen molar-refractivity contribution in [1.29, 1.82) is 0 Å². The normalized spacial score (nSPS) is 13.2. The molecule has 2 amide bonds. The summed E-state index contributed by atoms with van der Waals surface area (Å²) in [5.74, 6) is -0.242.